The number of hydrogen-bond donors (Lipinski definition) is 1. The smallest absolute Gasteiger partial charge is 0.264 e. The predicted molar refractivity (Wildman–Crippen MR) is 104 cm³/mol. The first-order valence-electron chi connectivity index (χ1n) is 8.65. The summed E-state index contributed by atoms with van der Waals surface area (Å²) in [6.07, 6.45) is 1.26. The molecule has 6 nitrogen and oxygen atoms in total. The lowest BCUT2D eigenvalue weighted by molar-refractivity contribution is -0.112. The molecule has 2 heterocycles. The van der Waals surface area contributed by atoms with Crippen LogP contribution in [0.4, 0.5) is 5.69 Å². The Hall–Kier alpha value is -2.32. The molecule has 2 aromatic carbocycles. The largest absolute Gasteiger partial charge is 0.341 e. The fourth-order valence-corrected chi connectivity index (χ4v) is 5.83. The van der Waals surface area contributed by atoms with Gasteiger partial charge in [-0.15, -0.1) is 0 Å². The molecule has 1 unspecified atom stereocenters. The first-order chi connectivity index (χ1) is 13.0. The summed E-state index contributed by atoms with van der Waals surface area (Å²) in [5.74, 6) is 0.252. The SMILES string of the molecule is O=C(NC1CCSC1=O)c1cccc(S(=O)(=O)N2CCc3ccccc32)c1. The molecule has 0 radical (unpaired) electrons. The highest BCUT2D eigenvalue weighted by molar-refractivity contribution is 8.14. The van der Waals surface area contributed by atoms with E-state index in [0.717, 1.165) is 5.56 Å². The minimum atomic E-state index is -3.76. The van der Waals surface area contributed by atoms with Gasteiger partial charge in [-0.25, -0.2) is 8.42 Å². The normalized spacial score (nSPS) is 19.2. The molecule has 0 aromatic heterocycles. The number of fused-ring (bicyclic) bond motifs is 1. The van der Waals surface area contributed by atoms with Crippen molar-refractivity contribution in [1.29, 1.82) is 0 Å². The molecule has 1 N–H and O–H groups in total. The van der Waals surface area contributed by atoms with E-state index in [1.54, 1.807) is 18.2 Å². The van der Waals surface area contributed by atoms with Crippen molar-refractivity contribution < 1.29 is 18.0 Å². The molecular formula is C19H18N2O4S2. The maximum atomic E-state index is 13.1. The summed E-state index contributed by atoms with van der Waals surface area (Å²) in [6, 6.07) is 12.9. The number of amides is 1. The van der Waals surface area contributed by atoms with Crippen LogP contribution < -0.4 is 9.62 Å². The minimum Gasteiger partial charge on any atom is -0.341 e. The van der Waals surface area contributed by atoms with Gasteiger partial charge in [0.25, 0.3) is 15.9 Å². The number of nitrogens with zero attached hydrogens (tertiary/aromatic N) is 1. The molecule has 1 amide bonds. The first-order valence-corrected chi connectivity index (χ1v) is 11.1. The molecular weight excluding hydrogens is 384 g/mol. The molecule has 1 atom stereocenters. The van der Waals surface area contributed by atoms with Crippen LogP contribution in [0.2, 0.25) is 0 Å². The van der Waals surface area contributed by atoms with Crippen molar-refractivity contribution in [3.05, 3.63) is 59.7 Å². The van der Waals surface area contributed by atoms with Crippen molar-refractivity contribution in [2.75, 3.05) is 16.6 Å². The Balaban J connectivity index is 1.60. The second kappa shape index (κ2) is 7.01. The van der Waals surface area contributed by atoms with Crippen LogP contribution in [0.25, 0.3) is 0 Å². The zero-order valence-electron chi connectivity index (χ0n) is 14.4. The molecule has 0 saturated carbocycles. The Labute approximate surface area is 162 Å². The van der Waals surface area contributed by atoms with E-state index in [-0.39, 0.29) is 15.6 Å². The van der Waals surface area contributed by atoms with E-state index in [0.29, 0.717) is 30.8 Å². The number of carbonyl (C=O) groups is 2. The second-order valence-electron chi connectivity index (χ2n) is 6.47. The predicted octanol–water partition coefficient (Wildman–Crippen LogP) is 2.20. The van der Waals surface area contributed by atoms with Crippen molar-refractivity contribution in [3.8, 4) is 0 Å². The van der Waals surface area contributed by atoms with Gasteiger partial charge in [-0.2, -0.15) is 0 Å². The Morgan fingerprint density at radius 2 is 1.96 bits per heavy atom. The van der Waals surface area contributed by atoms with Gasteiger partial charge in [0.15, 0.2) is 0 Å². The van der Waals surface area contributed by atoms with Crippen LogP contribution in [0.5, 0.6) is 0 Å². The van der Waals surface area contributed by atoms with Crippen LogP contribution in [-0.4, -0.2) is 37.8 Å². The molecule has 4 rings (SSSR count). The Morgan fingerprint density at radius 1 is 1.15 bits per heavy atom. The monoisotopic (exact) mass is 402 g/mol. The Kier molecular flexibility index (Phi) is 4.69. The summed E-state index contributed by atoms with van der Waals surface area (Å²) < 4.78 is 27.6. The van der Waals surface area contributed by atoms with Gasteiger partial charge in [-0.05, 0) is 42.7 Å². The molecule has 2 aliphatic rings. The van der Waals surface area contributed by atoms with Crippen molar-refractivity contribution >= 4 is 38.5 Å². The van der Waals surface area contributed by atoms with Gasteiger partial charge in [-0.3, -0.25) is 13.9 Å². The number of rotatable bonds is 4. The van der Waals surface area contributed by atoms with E-state index >= 15 is 0 Å². The highest BCUT2D eigenvalue weighted by atomic mass is 32.2. The van der Waals surface area contributed by atoms with Crippen LogP contribution in [0.1, 0.15) is 22.3 Å². The topological polar surface area (TPSA) is 83.5 Å². The average Bonchev–Trinajstić information content (AvgIpc) is 3.28. The number of sulfonamides is 1. The van der Waals surface area contributed by atoms with Gasteiger partial charge in [0.2, 0.25) is 5.12 Å². The van der Waals surface area contributed by atoms with Crippen molar-refractivity contribution in [2.24, 2.45) is 0 Å². The summed E-state index contributed by atoms with van der Waals surface area (Å²) in [7, 11) is -3.76. The van der Waals surface area contributed by atoms with E-state index in [4.69, 9.17) is 0 Å². The molecule has 2 aliphatic heterocycles. The van der Waals surface area contributed by atoms with E-state index in [9.17, 15) is 18.0 Å². The van der Waals surface area contributed by atoms with Crippen LogP contribution in [0, 0.1) is 0 Å². The molecule has 0 aliphatic carbocycles. The number of thioether (sulfide) groups is 1. The molecule has 1 fully saturated rings. The van der Waals surface area contributed by atoms with Crippen molar-refractivity contribution in [3.63, 3.8) is 0 Å². The summed E-state index contributed by atoms with van der Waals surface area (Å²) in [6.45, 7) is 0.381. The number of benzene rings is 2. The van der Waals surface area contributed by atoms with Gasteiger partial charge in [0.05, 0.1) is 16.6 Å². The summed E-state index contributed by atoms with van der Waals surface area (Å²) >= 11 is 1.20. The Morgan fingerprint density at radius 3 is 2.74 bits per heavy atom. The molecule has 2 aromatic rings. The molecule has 140 valence electrons. The number of carbonyl (C=O) groups excluding carboxylic acids is 2. The lowest BCUT2D eigenvalue weighted by atomic mass is 10.2. The lowest BCUT2D eigenvalue weighted by Gasteiger charge is -2.20. The number of anilines is 1. The van der Waals surface area contributed by atoms with E-state index in [1.165, 1.54) is 28.2 Å². The third kappa shape index (κ3) is 3.35. The molecule has 8 heteroatoms. The zero-order valence-corrected chi connectivity index (χ0v) is 16.1. The van der Waals surface area contributed by atoms with Crippen LogP contribution in [0.15, 0.2) is 53.4 Å². The van der Waals surface area contributed by atoms with Gasteiger partial charge in [0.1, 0.15) is 0 Å². The first kappa shape index (κ1) is 18.1. The fraction of sp³-hybridized carbons (Fsp3) is 0.263. The molecule has 1 saturated heterocycles. The highest BCUT2D eigenvalue weighted by Gasteiger charge is 2.31. The third-order valence-electron chi connectivity index (χ3n) is 4.77. The Bertz CT molecular complexity index is 1020. The second-order valence-corrected chi connectivity index (χ2v) is 9.43. The maximum Gasteiger partial charge on any atom is 0.264 e. The van der Waals surface area contributed by atoms with E-state index in [2.05, 4.69) is 5.32 Å². The quantitative estimate of drug-likeness (QED) is 0.848. The van der Waals surface area contributed by atoms with Gasteiger partial charge in [-0.1, -0.05) is 36.0 Å². The van der Waals surface area contributed by atoms with Crippen LogP contribution >= 0.6 is 11.8 Å². The summed E-state index contributed by atoms with van der Waals surface area (Å²) in [5.41, 5.74) is 1.90. The molecule has 0 spiro atoms. The van der Waals surface area contributed by atoms with Gasteiger partial charge in [0, 0.05) is 17.9 Å². The van der Waals surface area contributed by atoms with E-state index in [1.807, 2.05) is 18.2 Å². The molecule has 27 heavy (non-hydrogen) atoms. The van der Waals surface area contributed by atoms with Gasteiger partial charge >= 0.3 is 0 Å². The number of para-hydroxylation sites is 1. The summed E-state index contributed by atoms with van der Waals surface area (Å²) in [5, 5.41) is 2.64. The average molecular weight is 402 g/mol. The van der Waals surface area contributed by atoms with Crippen LogP contribution in [0.3, 0.4) is 0 Å². The highest BCUT2D eigenvalue weighted by Crippen LogP contribution is 2.32. The van der Waals surface area contributed by atoms with Crippen molar-refractivity contribution in [1.82, 2.24) is 5.32 Å². The minimum absolute atomic E-state index is 0.0548. The van der Waals surface area contributed by atoms with E-state index < -0.39 is 22.0 Å². The lowest BCUT2D eigenvalue weighted by Crippen LogP contribution is -2.37. The summed E-state index contributed by atoms with van der Waals surface area (Å²) in [4.78, 5) is 24.2. The zero-order chi connectivity index (χ0) is 19.0. The fourth-order valence-electron chi connectivity index (χ4n) is 3.35. The number of hydrogen-bond acceptors (Lipinski definition) is 5. The third-order valence-corrected chi connectivity index (χ3v) is 7.59. The number of nitrogens with one attached hydrogen (secondary N) is 1. The van der Waals surface area contributed by atoms with Gasteiger partial charge < -0.3 is 5.32 Å². The maximum absolute atomic E-state index is 13.1. The van der Waals surface area contributed by atoms with Crippen molar-refractivity contribution in [2.45, 2.75) is 23.8 Å². The molecule has 0 bridgehead atoms. The standard InChI is InChI=1S/C19H18N2O4S2/c22-18(20-16-9-11-26-19(16)23)14-5-3-6-15(12-14)27(24,25)21-10-8-13-4-1-2-7-17(13)21/h1-7,12,16H,8-11H2,(H,20,22). The van der Waals surface area contributed by atoms with Crippen LogP contribution in [-0.2, 0) is 21.2 Å².